The molecule has 0 atom stereocenters. The number of hydrogen-bond donors (Lipinski definition) is 0. The van der Waals surface area contributed by atoms with Gasteiger partial charge in [0, 0.05) is 29.6 Å². The third kappa shape index (κ3) is 1.86. The Morgan fingerprint density at radius 2 is 1.94 bits per heavy atom. The average molecular weight is 222 g/mol. The molecule has 0 saturated carbocycles. The van der Waals surface area contributed by atoms with E-state index in [1.165, 1.54) is 11.1 Å². The molecule has 1 aliphatic heterocycles. The first kappa shape index (κ1) is 10.2. The largest absolute Gasteiger partial charge is 0.284 e. The first-order valence-corrected chi connectivity index (χ1v) is 5.90. The van der Waals surface area contributed by atoms with E-state index in [4.69, 9.17) is 0 Å². The Morgan fingerprint density at radius 1 is 1.06 bits per heavy atom. The van der Waals surface area contributed by atoms with Crippen molar-refractivity contribution >= 4 is 5.71 Å². The molecule has 1 aliphatic rings. The number of nitrogens with zero attached hydrogens (tertiary/aromatic N) is 2. The van der Waals surface area contributed by atoms with Crippen molar-refractivity contribution in [2.45, 2.75) is 13.3 Å². The summed E-state index contributed by atoms with van der Waals surface area (Å²) in [4.78, 5) is 8.99. The molecule has 1 aromatic carbocycles. The van der Waals surface area contributed by atoms with Gasteiger partial charge in [-0.05, 0) is 31.0 Å². The van der Waals surface area contributed by atoms with Crippen molar-refractivity contribution in [1.29, 1.82) is 0 Å². The predicted molar refractivity (Wildman–Crippen MR) is 69.6 cm³/mol. The summed E-state index contributed by atoms with van der Waals surface area (Å²) in [5.41, 5.74) is 5.88. The molecule has 84 valence electrons. The van der Waals surface area contributed by atoms with Crippen molar-refractivity contribution in [1.82, 2.24) is 4.98 Å². The maximum atomic E-state index is 4.65. The Hall–Kier alpha value is -1.96. The highest BCUT2D eigenvalue weighted by molar-refractivity contribution is 6.14. The Bertz CT molecular complexity index is 568. The summed E-state index contributed by atoms with van der Waals surface area (Å²) in [5.74, 6) is 0. The Labute approximate surface area is 101 Å². The van der Waals surface area contributed by atoms with Crippen LogP contribution < -0.4 is 0 Å². The minimum absolute atomic E-state index is 0.875. The van der Waals surface area contributed by atoms with Crippen molar-refractivity contribution < 1.29 is 0 Å². The number of aryl methyl sites for hydroxylation is 1. The van der Waals surface area contributed by atoms with Crippen molar-refractivity contribution in [2.75, 3.05) is 6.54 Å². The topological polar surface area (TPSA) is 25.2 Å². The third-order valence-electron chi connectivity index (χ3n) is 3.11. The normalized spacial score (nSPS) is 14.1. The molecular formula is C15H14N2. The minimum atomic E-state index is 0.875. The van der Waals surface area contributed by atoms with Crippen LogP contribution in [0.1, 0.15) is 22.4 Å². The van der Waals surface area contributed by atoms with Crippen molar-refractivity contribution in [3.05, 3.63) is 65.0 Å². The fourth-order valence-electron chi connectivity index (χ4n) is 2.20. The first-order valence-electron chi connectivity index (χ1n) is 5.90. The van der Waals surface area contributed by atoms with E-state index in [2.05, 4.69) is 40.3 Å². The fraction of sp³-hybridized carbons (Fsp3) is 0.200. The zero-order valence-corrected chi connectivity index (χ0v) is 9.85. The van der Waals surface area contributed by atoms with Crippen molar-refractivity contribution in [3.63, 3.8) is 0 Å². The zero-order valence-electron chi connectivity index (χ0n) is 9.85. The lowest BCUT2D eigenvalue weighted by Gasteiger charge is -2.16. The second kappa shape index (κ2) is 4.13. The summed E-state index contributed by atoms with van der Waals surface area (Å²) in [6.07, 6.45) is 2.95. The molecule has 0 N–H and O–H groups in total. The molecule has 0 radical (unpaired) electrons. The number of pyridine rings is 1. The summed E-state index contributed by atoms with van der Waals surface area (Å²) < 4.78 is 0. The van der Waals surface area contributed by atoms with Gasteiger partial charge in [0.25, 0.3) is 0 Å². The second-order valence-corrected chi connectivity index (χ2v) is 4.33. The van der Waals surface area contributed by atoms with Gasteiger partial charge in [0.15, 0.2) is 0 Å². The van der Waals surface area contributed by atoms with Gasteiger partial charge in [-0.2, -0.15) is 0 Å². The summed E-state index contributed by atoms with van der Waals surface area (Å²) >= 11 is 0. The number of fused-ring (bicyclic) bond motifs is 1. The smallest absolute Gasteiger partial charge is 0.0737 e. The fourth-order valence-corrected chi connectivity index (χ4v) is 2.20. The van der Waals surface area contributed by atoms with E-state index in [-0.39, 0.29) is 0 Å². The van der Waals surface area contributed by atoms with Crippen LogP contribution in [-0.4, -0.2) is 17.2 Å². The van der Waals surface area contributed by atoms with Gasteiger partial charge in [-0.1, -0.05) is 24.3 Å². The number of aromatic nitrogens is 1. The van der Waals surface area contributed by atoms with Crippen LogP contribution in [0.3, 0.4) is 0 Å². The lowest BCUT2D eigenvalue weighted by atomic mass is 9.94. The molecule has 1 aromatic heterocycles. The number of aliphatic imine (C=N–C) groups is 1. The maximum absolute atomic E-state index is 4.65. The Morgan fingerprint density at radius 3 is 2.76 bits per heavy atom. The molecule has 3 rings (SSSR count). The van der Waals surface area contributed by atoms with Gasteiger partial charge in [0.2, 0.25) is 0 Å². The molecular weight excluding hydrogens is 208 g/mol. The van der Waals surface area contributed by atoms with Crippen LogP contribution in [0.15, 0.2) is 47.6 Å². The lowest BCUT2D eigenvalue weighted by Crippen LogP contribution is -2.14. The van der Waals surface area contributed by atoms with Crippen LogP contribution in [0.25, 0.3) is 0 Å². The predicted octanol–water partition coefficient (Wildman–Crippen LogP) is 2.78. The van der Waals surface area contributed by atoms with E-state index >= 15 is 0 Å². The Balaban J connectivity index is 2.09. The van der Waals surface area contributed by atoms with E-state index < -0.39 is 0 Å². The summed E-state index contributed by atoms with van der Waals surface area (Å²) in [6.45, 7) is 2.88. The molecule has 17 heavy (non-hydrogen) atoms. The van der Waals surface area contributed by atoms with Crippen LogP contribution in [0.5, 0.6) is 0 Å². The first-order chi connectivity index (χ1) is 8.34. The van der Waals surface area contributed by atoms with E-state index in [9.17, 15) is 0 Å². The minimum Gasteiger partial charge on any atom is -0.284 e. The molecule has 2 heterocycles. The molecule has 0 fully saturated rings. The van der Waals surface area contributed by atoms with Crippen LogP contribution in [0.4, 0.5) is 0 Å². The van der Waals surface area contributed by atoms with E-state index in [1.54, 1.807) is 0 Å². The zero-order chi connectivity index (χ0) is 11.7. The molecule has 2 aromatic rings. The van der Waals surface area contributed by atoms with Crippen molar-refractivity contribution in [3.8, 4) is 0 Å². The van der Waals surface area contributed by atoms with Gasteiger partial charge in [0.1, 0.15) is 0 Å². The standard InChI is InChI=1S/C15H14N2/c1-11-6-7-13(10-17-11)15-14-5-3-2-4-12(14)8-9-16-15/h2-7,10H,8-9H2,1H3. The number of rotatable bonds is 1. The van der Waals surface area contributed by atoms with Crippen LogP contribution in [-0.2, 0) is 6.42 Å². The SMILES string of the molecule is Cc1ccc(C2=NCCc3ccccc32)cn1. The number of hydrogen-bond acceptors (Lipinski definition) is 2. The summed E-state index contributed by atoms with van der Waals surface area (Å²) in [5, 5.41) is 0. The summed E-state index contributed by atoms with van der Waals surface area (Å²) in [7, 11) is 0. The second-order valence-electron chi connectivity index (χ2n) is 4.33. The summed E-state index contributed by atoms with van der Waals surface area (Å²) in [6, 6.07) is 12.6. The van der Waals surface area contributed by atoms with Gasteiger partial charge in [-0.3, -0.25) is 9.98 Å². The third-order valence-corrected chi connectivity index (χ3v) is 3.11. The molecule has 0 aliphatic carbocycles. The molecule has 0 unspecified atom stereocenters. The van der Waals surface area contributed by atoms with Gasteiger partial charge >= 0.3 is 0 Å². The van der Waals surface area contributed by atoms with E-state index in [0.29, 0.717) is 0 Å². The molecule has 0 bridgehead atoms. The Kier molecular flexibility index (Phi) is 2.48. The van der Waals surface area contributed by atoms with Gasteiger partial charge in [-0.15, -0.1) is 0 Å². The highest BCUT2D eigenvalue weighted by atomic mass is 14.8. The molecule has 0 amide bonds. The average Bonchev–Trinajstić information content (AvgIpc) is 2.39. The molecule has 2 heteroatoms. The highest BCUT2D eigenvalue weighted by Crippen LogP contribution is 2.19. The highest BCUT2D eigenvalue weighted by Gasteiger charge is 2.14. The number of benzene rings is 1. The van der Waals surface area contributed by atoms with Gasteiger partial charge < -0.3 is 0 Å². The quantitative estimate of drug-likeness (QED) is 0.728. The van der Waals surface area contributed by atoms with E-state index in [1.807, 2.05) is 19.2 Å². The molecule has 0 saturated heterocycles. The van der Waals surface area contributed by atoms with E-state index in [0.717, 1.165) is 29.9 Å². The molecule has 0 spiro atoms. The lowest BCUT2D eigenvalue weighted by molar-refractivity contribution is 0.943. The maximum Gasteiger partial charge on any atom is 0.0737 e. The van der Waals surface area contributed by atoms with Gasteiger partial charge in [-0.25, -0.2) is 0 Å². The van der Waals surface area contributed by atoms with Crippen LogP contribution in [0, 0.1) is 6.92 Å². The van der Waals surface area contributed by atoms with Crippen molar-refractivity contribution in [2.24, 2.45) is 4.99 Å². The van der Waals surface area contributed by atoms with Crippen LogP contribution >= 0.6 is 0 Å². The monoisotopic (exact) mass is 222 g/mol. The van der Waals surface area contributed by atoms with Crippen LogP contribution in [0.2, 0.25) is 0 Å². The van der Waals surface area contributed by atoms with Gasteiger partial charge in [0.05, 0.1) is 5.71 Å². The molecule has 2 nitrogen and oxygen atoms in total.